The van der Waals surface area contributed by atoms with Crippen LogP contribution in [-0.2, 0) is 11.2 Å². The average Bonchev–Trinajstić information content (AvgIpc) is 3.41. The van der Waals surface area contributed by atoms with Crippen LogP contribution in [-0.4, -0.2) is 46.3 Å². The first-order valence-electron chi connectivity index (χ1n) is 13.7. The second-order valence-corrected chi connectivity index (χ2v) is 10.3. The van der Waals surface area contributed by atoms with Crippen molar-refractivity contribution in [3.63, 3.8) is 0 Å². The Kier molecular flexibility index (Phi) is 7.92. The van der Waals surface area contributed by atoms with Crippen molar-refractivity contribution in [3.8, 4) is 16.9 Å². The van der Waals surface area contributed by atoms with Crippen LogP contribution in [0.4, 0.5) is 0 Å². The van der Waals surface area contributed by atoms with Crippen molar-refractivity contribution in [2.45, 2.75) is 40.0 Å². The molecule has 0 bridgehead atoms. The number of rotatable bonds is 7. The van der Waals surface area contributed by atoms with Gasteiger partial charge in [0, 0.05) is 24.2 Å². The molecule has 0 unspecified atom stereocenters. The predicted molar refractivity (Wildman–Crippen MR) is 153 cm³/mol. The van der Waals surface area contributed by atoms with Crippen LogP contribution in [0.5, 0.6) is 0 Å². The summed E-state index contributed by atoms with van der Waals surface area (Å²) < 4.78 is 6.95. The van der Waals surface area contributed by atoms with E-state index in [0.717, 1.165) is 54.9 Å². The molecule has 39 heavy (non-hydrogen) atoms. The molecule has 1 fully saturated rings. The standard InChI is InChI=1S/C33H35N3O3/c1-4-39-33(38)30-22-31(28-11-10-23(2)24(3)20-28)36(34-30)29-14-12-27(13-15-29)32(37)35-18-16-26(17-19-35)21-25-8-6-5-7-9-25/h5-15,20,22,26H,4,16-19,21H2,1-3H3. The zero-order valence-electron chi connectivity index (χ0n) is 22.9. The number of nitrogens with zero attached hydrogens (tertiary/aromatic N) is 3. The van der Waals surface area contributed by atoms with E-state index in [9.17, 15) is 9.59 Å². The monoisotopic (exact) mass is 521 g/mol. The van der Waals surface area contributed by atoms with E-state index in [1.165, 1.54) is 11.1 Å². The molecule has 3 aromatic carbocycles. The molecule has 0 radical (unpaired) electrons. The van der Waals surface area contributed by atoms with Gasteiger partial charge in [-0.2, -0.15) is 5.10 Å². The van der Waals surface area contributed by atoms with E-state index in [0.29, 0.717) is 11.5 Å². The Morgan fingerprint density at radius 1 is 0.897 bits per heavy atom. The molecule has 6 nitrogen and oxygen atoms in total. The van der Waals surface area contributed by atoms with E-state index in [4.69, 9.17) is 4.74 Å². The first kappa shape index (κ1) is 26.4. The Labute approximate surface area is 230 Å². The summed E-state index contributed by atoms with van der Waals surface area (Å²) >= 11 is 0. The smallest absolute Gasteiger partial charge is 0.358 e. The summed E-state index contributed by atoms with van der Waals surface area (Å²) in [6.07, 6.45) is 3.10. The number of aryl methyl sites for hydroxylation is 2. The van der Waals surface area contributed by atoms with Crippen molar-refractivity contribution >= 4 is 11.9 Å². The van der Waals surface area contributed by atoms with Crippen molar-refractivity contribution in [1.29, 1.82) is 0 Å². The average molecular weight is 522 g/mol. The van der Waals surface area contributed by atoms with Gasteiger partial charge in [-0.1, -0.05) is 42.5 Å². The van der Waals surface area contributed by atoms with Crippen molar-refractivity contribution in [1.82, 2.24) is 14.7 Å². The van der Waals surface area contributed by atoms with Crippen LogP contribution < -0.4 is 0 Å². The highest BCUT2D eigenvalue weighted by Gasteiger charge is 2.24. The lowest BCUT2D eigenvalue weighted by molar-refractivity contribution is 0.0518. The number of likely N-dealkylation sites (tertiary alicyclic amines) is 1. The molecule has 1 aliphatic heterocycles. The van der Waals surface area contributed by atoms with Gasteiger partial charge >= 0.3 is 5.97 Å². The van der Waals surface area contributed by atoms with Gasteiger partial charge in [0.15, 0.2) is 5.69 Å². The molecule has 6 heteroatoms. The van der Waals surface area contributed by atoms with Crippen molar-refractivity contribution < 1.29 is 14.3 Å². The van der Waals surface area contributed by atoms with Gasteiger partial charge in [-0.15, -0.1) is 0 Å². The summed E-state index contributed by atoms with van der Waals surface area (Å²) in [5, 5.41) is 4.58. The molecule has 200 valence electrons. The molecule has 1 aromatic heterocycles. The fraction of sp³-hybridized carbons (Fsp3) is 0.303. The molecule has 0 saturated carbocycles. The molecular weight excluding hydrogens is 486 g/mol. The SMILES string of the molecule is CCOC(=O)c1cc(-c2ccc(C)c(C)c2)n(-c2ccc(C(=O)N3CCC(Cc4ccccc4)CC3)cc2)n1. The van der Waals surface area contributed by atoms with Crippen LogP contribution in [0.2, 0.25) is 0 Å². The Balaban J connectivity index is 1.33. The van der Waals surface area contributed by atoms with Crippen molar-refractivity contribution in [2.75, 3.05) is 19.7 Å². The Morgan fingerprint density at radius 2 is 1.62 bits per heavy atom. The maximum Gasteiger partial charge on any atom is 0.358 e. The van der Waals surface area contributed by atoms with Crippen LogP contribution >= 0.6 is 0 Å². The molecule has 1 saturated heterocycles. The topological polar surface area (TPSA) is 64.4 Å². The zero-order valence-corrected chi connectivity index (χ0v) is 22.9. The number of amides is 1. The van der Waals surface area contributed by atoms with Gasteiger partial charge in [-0.25, -0.2) is 9.48 Å². The molecule has 0 atom stereocenters. The lowest BCUT2D eigenvalue weighted by Gasteiger charge is -2.32. The Morgan fingerprint density at radius 3 is 2.28 bits per heavy atom. The number of benzene rings is 3. The number of aromatic nitrogens is 2. The predicted octanol–water partition coefficient (Wildman–Crippen LogP) is 6.43. The lowest BCUT2D eigenvalue weighted by Crippen LogP contribution is -2.38. The molecule has 4 aromatic rings. The zero-order chi connectivity index (χ0) is 27.4. The van der Waals surface area contributed by atoms with E-state index < -0.39 is 5.97 Å². The van der Waals surface area contributed by atoms with Crippen LogP contribution in [0.25, 0.3) is 16.9 Å². The number of hydrogen-bond donors (Lipinski definition) is 0. The van der Waals surface area contributed by atoms with Gasteiger partial charge in [0.25, 0.3) is 5.91 Å². The molecule has 5 rings (SSSR count). The van der Waals surface area contributed by atoms with Gasteiger partial charge in [0.2, 0.25) is 0 Å². The molecular formula is C33H35N3O3. The van der Waals surface area contributed by atoms with Crippen molar-refractivity contribution in [3.05, 3.63) is 107 Å². The van der Waals surface area contributed by atoms with E-state index in [2.05, 4.69) is 55.3 Å². The molecule has 0 N–H and O–H groups in total. The van der Waals surface area contributed by atoms with E-state index in [1.807, 2.05) is 41.3 Å². The summed E-state index contributed by atoms with van der Waals surface area (Å²) in [6, 6.07) is 26.0. The number of ether oxygens (including phenoxy) is 1. The molecule has 0 spiro atoms. The summed E-state index contributed by atoms with van der Waals surface area (Å²) in [4.78, 5) is 27.7. The fourth-order valence-electron chi connectivity index (χ4n) is 5.20. The number of carbonyl (C=O) groups is 2. The third kappa shape index (κ3) is 5.95. The molecule has 0 aliphatic carbocycles. The van der Waals surface area contributed by atoms with E-state index in [1.54, 1.807) is 17.7 Å². The van der Waals surface area contributed by atoms with Crippen LogP contribution in [0.3, 0.4) is 0 Å². The Bertz CT molecular complexity index is 1450. The summed E-state index contributed by atoms with van der Waals surface area (Å²) in [6.45, 7) is 7.75. The van der Waals surface area contributed by atoms with Gasteiger partial charge < -0.3 is 9.64 Å². The Hall–Kier alpha value is -4.19. The molecule has 2 heterocycles. The second kappa shape index (κ2) is 11.7. The number of piperidine rings is 1. The normalized spacial score (nSPS) is 13.9. The van der Waals surface area contributed by atoms with Gasteiger partial charge in [-0.05, 0) is 99.0 Å². The minimum Gasteiger partial charge on any atom is -0.461 e. The first-order chi connectivity index (χ1) is 18.9. The highest BCUT2D eigenvalue weighted by atomic mass is 16.5. The third-order valence-electron chi connectivity index (χ3n) is 7.62. The third-order valence-corrected chi connectivity index (χ3v) is 7.62. The van der Waals surface area contributed by atoms with Crippen LogP contribution in [0.15, 0.2) is 78.9 Å². The minimum atomic E-state index is -0.455. The number of carbonyl (C=O) groups excluding carboxylic acids is 2. The minimum absolute atomic E-state index is 0.0572. The van der Waals surface area contributed by atoms with Gasteiger partial charge in [-0.3, -0.25) is 4.79 Å². The van der Waals surface area contributed by atoms with E-state index in [-0.39, 0.29) is 18.2 Å². The molecule has 1 aliphatic rings. The second-order valence-electron chi connectivity index (χ2n) is 10.3. The van der Waals surface area contributed by atoms with Crippen molar-refractivity contribution in [2.24, 2.45) is 5.92 Å². The highest BCUT2D eigenvalue weighted by molar-refractivity contribution is 5.94. The van der Waals surface area contributed by atoms with Crippen LogP contribution in [0, 0.1) is 19.8 Å². The lowest BCUT2D eigenvalue weighted by atomic mass is 9.90. The summed E-state index contributed by atoms with van der Waals surface area (Å²) in [5.41, 5.74) is 7.16. The van der Waals surface area contributed by atoms with Gasteiger partial charge in [0.05, 0.1) is 18.0 Å². The quantitative estimate of drug-likeness (QED) is 0.263. The highest BCUT2D eigenvalue weighted by Crippen LogP contribution is 2.27. The fourth-order valence-corrected chi connectivity index (χ4v) is 5.20. The summed E-state index contributed by atoms with van der Waals surface area (Å²) in [5.74, 6) is 0.210. The van der Waals surface area contributed by atoms with E-state index >= 15 is 0 Å². The van der Waals surface area contributed by atoms with Crippen LogP contribution in [0.1, 0.15) is 57.3 Å². The first-order valence-corrected chi connectivity index (χ1v) is 13.7. The molecule has 1 amide bonds. The summed E-state index contributed by atoms with van der Waals surface area (Å²) in [7, 11) is 0. The maximum absolute atomic E-state index is 13.3. The largest absolute Gasteiger partial charge is 0.461 e. The van der Waals surface area contributed by atoms with Gasteiger partial charge in [0.1, 0.15) is 0 Å². The number of hydrogen-bond acceptors (Lipinski definition) is 4. The number of esters is 1. The maximum atomic E-state index is 13.3.